The Hall–Kier alpha value is -1.82. The fourth-order valence-corrected chi connectivity index (χ4v) is 2.26. The van der Waals surface area contributed by atoms with E-state index in [4.69, 9.17) is 5.26 Å². The summed E-state index contributed by atoms with van der Waals surface area (Å²) in [6.45, 7) is 8.71. The summed E-state index contributed by atoms with van der Waals surface area (Å²) in [4.78, 5) is 6.29. The number of nitrogens with zero attached hydrogens (tertiary/aromatic N) is 3. The summed E-state index contributed by atoms with van der Waals surface area (Å²) >= 11 is 0. The molecular weight excluding hydrogens is 222 g/mol. The van der Waals surface area contributed by atoms with Gasteiger partial charge in [-0.25, -0.2) is 4.98 Å². The van der Waals surface area contributed by atoms with Gasteiger partial charge in [-0.2, -0.15) is 5.26 Å². The second-order valence-corrected chi connectivity index (χ2v) is 5.69. The highest BCUT2D eigenvalue weighted by molar-refractivity contribution is 5.50. The molecule has 1 aromatic rings. The molecule has 94 valence electrons. The summed E-state index contributed by atoms with van der Waals surface area (Å²) in [5.74, 6) is 0. The molecule has 0 fully saturated rings. The summed E-state index contributed by atoms with van der Waals surface area (Å²) in [6, 6.07) is 5.91. The van der Waals surface area contributed by atoms with Crippen molar-refractivity contribution in [2.24, 2.45) is 5.41 Å². The van der Waals surface area contributed by atoms with Crippen LogP contribution in [0.15, 0.2) is 30.0 Å². The molecule has 0 N–H and O–H groups in total. The number of hydrogen-bond donors (Lipinski definition) is 0. The summed E-state index contributed by atoms with van der Waals surface area (Å²) in [7, 11) is 0. The Morgan fingerprint density at radius 1 is 1.39 bits per heavy atom. The molecule has 0 radical (unpaired) electrons. The third-order valence-electron chi connectivity index (χ3n) is 3.40. The smallest absolute Gasteiger partial charge is 0.142 e. The van der Waals surface area contributed by atoms with E-state index in [-0.39, 0.29) is 5.41 Å². The standard InChI is InChI=1S/C15H19N3/c1-15(2,3)12-5-8-18(9-6-12)14-4-7-17-13(10-14)11-16/h4-5,7,10H,6,8-9H2,1-3H3. The van der Waals surface area contributed by atoms with Crippen molar-refractivity contribution in [1.29, 1.82) is 5.26 Å². The normalized spacial score (nSPS) is 16.1. The molecule has 3 heteroatoms. The maximum atomic E-state index is 8.87. The second-order valence-electron chi connectivity index (χ2n) is 5.69. The molecule has 0 unspecified atom stereocenters. The molecule has 0 saturated heterocycles. The van der Waals surface area contributed by atoms with Gasteiger partial charge in [0, 0.05) is 25.0 Å². The van der Waals surface area contributed by atoms with Crippen LogP contribution in [0.2, 0.25) is 0 Å². The fourth-order valence-electron chi connectivity index (χ4n) is 2.26. The maximum Gasteiger partial charge on any atom is 0.142 e. The van der Waals surface area contributed by atoms with Gasteiger partial charge in [-0.1, -0.05) is 32.4 Å². The number of aromatic nitrogens is 1. The second kappa shape index (κ2) is 4.81. The van der Waals surface area contributed by atoms with Crippen molar-refractivity contribution < 1.29 is 0 Å². The van der Waals surface area contributed by atoms with Crippen LogP contribution in [0.25, 0.3) is 0 Å². The van der Waals surface area contributed by atoms with Crippen LogP contribution in [0.1, 0.15) is 32.9 Å². The van der Waals surface area contributed by atoms with Crippen LogP contribution in [0.4, 0.5) is 5.69 Å². The lowest BCUT2D eigenvalue weighted by molar-refractivity contribution is 0.472. The summed E-state index contributed by atoms with van der Waals surface area (Å²) in [5, 5.41) is 8.87. The van der Waals surface area contributed by atoms with E-state index < -0.39 is 0 Å². The molecule has 0 bridgehead atoms. The Balaban J connectivity index is 2.15. The van der Waals surface area contributed by atoms with Crippen LogP contribution in [-0.4, -0.2) is 18.1 Å². The topological polar surface area (TPSA) is 39.9 Å². The van der Waals surface area contributed by atoms with Gasteiger partial charge >= 0.3 is 0 Å². The SMILES string of the molecule is CC(C)(C)C1=CCN(c2ccnc(C#N)c2)CC1. The van der Waals surface area contributed by atoms with Gasteiger partial charge in [0.05, 0.1) is 0 Å². The number of pyridine rings is 1. The third kappa shape index (κ3) is 2.70. The van der Waals surface area contributed by atoms with Gasteiger partial charge in [0.2, 0.25) is 0 Å². The molecule has 0 amide bonds. The minimum Gasteiger partial charge on any atom is -0.367 e. The van der Waals surface area contributed by atoms with Crippen LogP contribution in [0, 0.1) is 16.7 Å². The van der Waals surface area contributed by atoms with Crippen LogP contribution in [0.5, 0.6) is 0 Å². The Morgan fingerprint density at radius 2 is 2.17 bits per heavy atom. The molecule has 0 saturated carbocycles. The van der Waals surface area contributed by atoms with Gasteiger partial charge in [0.1, 0.15) is 11.8 Å². The molecular formula is C15H19N3. The monoisotopic (exact) mass is 241 g/mol. The van der Waals surface area contributed by atoms with Gasteiger partial charge in [-0.15, -0.1) is 0 Å². The van der Waals surface area contributed by atoms with Gasteiger partial charge in [0.25, 0.3) is 0 Å². The predicted octanol–water partition coefficient (Wildman–Crippen LogP) is 3.14. The van der Waals surface area contributed by atoms with E-state index in [1.54, 1.807) is 6.20 Å². The minimum atomic E-state index is 0.266. The molecule has 3 nitrogen and oxygen atoms in total. The first kappa shape index (κ1) is 12.6. The zero-order valence-corrected chi connectivity index (χ0v) is 11.3. The lowest BCUT2D eigenvalue weighted by Gasteiger charge is -2.33. The quantitative estimate of drug-likeness (QED) is 0.709. The molecule has 1 aliphatic rings. The van der Waals surface area contributed by atoms with Crippen LogP contribution >= 0.6 is 0 Å². The lowest BCUT2D eigenvalue weighted by atomic mass is 9.83. The first-order chi connectivity index (χ1) is 8.50. The molecule has 0 aliphatic carbocycles. The van der Waals surface area contributed by atoms with E-state index in [0.29, 0.717) is 5.69 Å². The van der Waals surface area contributed by atoms with Crippen molar-refractivity contribution in [2.45, 2.75) is 27.2 Å². The van der Waals surface area contributed by atoms with Crippen LogP contribution in [0.3, 0.4) is 0 Å². The van der Waals surface area contributed by atoms with E-state index in [1.165, 1.54) is 5.57 Å². The van der Waals surface area contributed by atoms with E-state index in [1.807, 2.05) is 12.1 Å². The van der Waals surface area contributed by atoms with Gasteiger partial charge < -0.3 is 4.90 Å². The van der Waals surface area contributed by atoms with Crippen LogP contribution < -0.4 is 4.90 Å². The van der Waals surface area contributed by atoms with Gasteiger partial charge in [-0.3, -0.25) is 0 Å². The average Bonchev–Trinajstić information content (AvgIpc) is 2.38. The van der Waals surface area contributed by atoms with Crippen molar-refractivity contribution in [3.8, 4) is 6.07 Å². The predicted molar refractivity (Wildman–Crippen MR) is 73.3 cm³/mol. The van der Waals surface area contributed by atoms with Crippen molar-refractivity contribution in [3.05, 3.63) is 35.7 Å². The average molecular weight is 241 g/mol. The van der Waals surface area contributed by atoms with Crippen LogP contribution in [-0.2, 0) is 0 Å². The number of hydrogen-bond acceptors (Lipinski definition) is 3. The lowest BCUT2D eigenvalue weighted by Crippen LogP contribution is -2.31. The molecule has 0 spiro atoms. The molecule has 2 heterocycles. The van der Waals surface area contributed by atoms with E-state index in [9.17, 15) is 0 Å². The largest absolute Gasteiger partial charge is 0.367 e. The molecule has 0 aromatic carbocycles. The minimum absolute atomic E-state index is 0.266. The number of rotatable bonds is 1. The Bertz CT molecular complexity index is 503. The fraction of sp³-hybridized carbons (Fsp3) is 0.467. The number of anilines is 1. The van der Waals surface area contributed by atoms with Crippen molar-refractivity contribution in [2.75, 3.05) is 18.0 Å². The highest BCUT2D eigenvalue weighted by Gasteiger charge is 2.21. The first-order valence-corrected chi connectivity index (χ1v) is 6.31. The Morgan fingerprint density at radius 3 is 2.72 bits per heavy atom. The Labute approximate surface area is 109 Å². The molecule has 0 atom stereocenters. The van der Waals surface area contributed by atoms with Crippen molar-refractivity contribution >= 4 is 5.69 Å². The van der Waals surface area contributed by atoms with Crippen molar-refractivity contribution in [3.63, 3.8) is 0 Å². The third-order valence-corrected chi connectivity index (χ3v) is 3.40. The zero-order chi connectivity index (χ0) is 13.2. The zero-order valence-electron chi connectivity index (χ0n) is 11.3. The molecule has 2 rings (SSSR count). The number of nitriles is 1. The van der Waals surface area contributed by atoms with Gasteiger partial charge in [0.15, 0.2) is 0 Å². The molecule has 1 aromatic heterocycles. The van der Waals surface area contributed by atoms with E-state index in [0.717, 1.165) is 25.2 Å². The summed E-state index contributed by atoms with van der Waals surface area (Å²) < 4.78 is 0. The summed E-state index contributed by atoms with van der Waals surface area (Å²) in [5.41, 5.74) is 3.36. The highest BCUT2D eigenvalue weighted by atomic mass is 15.1. The van der Waals surface area contributed by atoms with E-state index in [2.05, 4.69) is 42.8 Å². The Kier molecular flexibility index (Phi) is 3.38. The molecule has 1 aliphatic heterocycles. The molecule has 18 heavy (non-hydrogen) atoms. The van der Waals surface area contributed by atoms with Gasteiger partial charge in [-0.05, 0) is 24.0 Å². The first-order valence-electron chi connectivity index (χ1n) is 6.31. The summed E-state index contributed by atoms with van der Waals surface area (Å²) in [6.07, 6.45) is 5.11. The highest BCUT2D eigenvalue weighted by Crippen LogP contribution is 2.31. The maximum absolute atomic E-state index is 8.87. The van der Waals surface area contributed by atoms with Crippen molar-refractivity contribution in [1.82, 2.24) is 4.98 Å². The van der Waals surface area contributed by atoms with E-state index >= 15 is 0 Å².